The maximum atomic E-state index is 6.45. The molecule has 2 fully saturated rings. The fourth-order valence-corrected chi connectivity index (χ4v) is 4.66. The van der Waals surface area contributed by atoms with Crippen LogP contribution in [0.5, 0.6) is 0 Å². The molecule has 1 unspecified atom stereocenters. The SMILES string of the molecule is CCCN(CCC)CCCC1COC2(CCC(C(C)(C)CC)CC2)O1. The van der Waals surface area contributed by atoms with Crippen LogP contribution in [0.1, 0.15) is 92.4 Å². The molecule has 1 atom stereocenters. The molecule has 2 rings (SSSR count). The number of rotatable bonds is 10. The van der Waals surface area contributed by atoms with Crippen LogP contribution in [0.2, 0.25) is 0 Å². The van der Waals surface area contributed by atoms with Crippen LogP contribution in [0, 0.1) is 11.3 Å². The van der Waals surface area contributed by atoms with E-state index in [1.54, 1.807) is 0 Å². The van der Waals surface area contributed by atoms with Gasteiger partial charge in [-0.15, -0.1) is 0 Å². The van der Waals surface area contributed by atoms with Gasteiger partial charge in [-0.25, -0.2) is 0 Å². The molecule has 2 aliphatic rings. The highest BCUT2D eigenvalue weighted by atomic mass is 16.7. The monoisotopic (exact) mass is 353 g/mol. The van der Waals surface area contributed by atoms with E-state index in [9.17, 15) is 0 Å². The molecule has 148 valence electrons. The van der Waals surface area contributed by atoms with Gasteiger partial charge in [-0.05, 0) is 69.5 Å². The molecular formula is C22H43NO2. The lowest BCUT2D eigenvalue weighted by molar-refractivity contribution is -0.197. The van der Waals surface area contributed by atoms with Crippen molar-refractivity contribution >= 4 is 0 Å². The molecule has 1 heterocycles. The Balaban J connectivity index is 1.71. The van der Waals surface area contributed by atoms with Crippen molar-refractivity contribution in [2.45, 2.75) is 104 Å². The predicted molar refractivity (Wildman–Crippen MR) is 106 cm³/mol. The fraction of sp³-hybridized carbons (Fsp3) is 1.00. The first-order valence-corrected chi connectivity index (χ1v) is 11.0. The van der Waals surface area contributed by atoms with Gasteiger partial charge >= 0.3 is 0 Å². The molecule has 0 aromatic rings. The van der Waals surface area contributed by atoms with Gasteiger partial charge in [0.15, 0.2) is 5.79 Å². The average molecular weight is 354 g/mol. The average Bonchev–Trinajstić information content (AvgIpc) is 2.98. The van der Waals surface area contributed by atoms with Crippen LogP contribution in [-0.4, -0.2) is 43.0 Å². The van der Waals surface area contributed by atoms with Crippen LogP contribution in [0.3, 0.4) is 0 Å². The van der Waals surface area contributed by atoms with E-state index in [-0.39, 0.29) is 5.79 Å². The first kappa shape index (κ1) is 21.2. The van der Waals surface area contributed by atoms with Crippen molar-refractivity contribution in [3.8, 4) is 0 Å². The molecule has 1 saturated heterocycles. The number of ether oxygens (including phenoxy) is 2. The summed E-state index contributed by atoms with van der Waals surface area (Å²) in [4.78, 5) is 2.60. The molecule has 1 saturated carbocycles. The zero-order chi connectivity index (χ0) is 18.3. The molecule has 0 amide bonds. The van der Waals surface area contributed by atoms with E-state index in [0.29, 0.717) is 11.5 Å². The Morgan fingerprint density at radius 2 is 1.64 bits per heavy atom. The summed E-state index contributed by atoms with van der Waals surface area (Å²) in [7, 11) is 0. The Hall–Kier alpha value is -0.120. The molecule has 25 heavy (non-hydrogen) atoms. The summed E-state index contributed by atoms with van der Waals surface area (Å²) in [6, 6.07) is 0. The van der Waals surface area contributed by atoms with Gasteiger partial charge < -0.3 is 14.4 Å². The summed E-state index contributed by atoms with van der Waals surface area (Å²) < 4.78 is 12.7. The standard InChI is InChI=1S/C22H43NO2/c1-6-15-23(16-7-2)17-9-10-20-18-24-22(25-20)13-11-19(12-14-22)21(4,5)8-3/h19-20H,6-18H2,1-5H3. The van der Waals surface area contributed by atoms with Crippen molar-refractivity contribution in [2.24, 2.45) is 11.3 Å². The lowest BCUT2D eigenvalue weighted by atomic mass is 9.68. The van der Waals surface area contributed by atoms with Crippen LogP contribution < -0.4 is 0 Å². The van der Waals surface area contributed by atoms with E-state index in [2.05, 4.69) is 39.5 Å². The Morgan fingerprint density at radius 3 is 2.20 bits per heavy atom. The molecule has 3 heteroatoms. The van der Waals surface area contributed by atoms with E-state index >= 15 is 0 Å². The third-order valence-electron chi connectivity index (χ3n) is 6.76. The normalized spacial score (nSPS) is 30.5. The minimum Gasteiger partial charge on any atom is -0.347 e. The summed E-state index contributed by atoms with van der Waals surface area (Å²) in [5.41, 5.74) is 0.460. The number of hydrogen-bond donors (Lipinski definition) is 0. The Morgan fingerprint density at radius 1 is 1.00 bits per heavy atom. The zero-order valence-electron chi connectivity index (χ0n) is 17.6. The van der Waals surface area contributed by atoms with Gasteiger partial charge in [-0.3, -0.25) is 0 Å². The van der Waals surface area contributed by atoms with Crippen LogP contribution in [-0.2, 0) is 9.47 Å². The minimum absolute atomic E-state index is 0.239. The number of hydrogen-bond acceptors (Lipinski definition) is 3. The second-order valence-electron chi connectivity index (χ2n) is 9.06. The molecule has 0 aromatic carbocycles. The highest BCUT2D eigenvalue weighted by Gasteiger charge is 2.46. The minimum atomic E-state index is -0.239. The maximum absolute atomic E-state index is 6.45. The smallest absolute Gasteiger partial charge is 0.168 e. The van der Waals surface area contributed by atoms with Gasteiger partial charge in [0, 0.05) is 12.8 Å². The van der Waals surface area contributed by atoms with E-state index in [1.165, 1.54) is 58.2 Å². The predicted octanol–water partition coefficient (Wildman–Crippen LogP) is 5.63. The summed E-state index contributed by atoms with van der Waals surface area (Å²) >= 11 is 0. The fourth-order valence-electron chi connectivity index (χ4n) is 4.66. The van der Waals surface area contributed by atoms with Gasteiger partial charge in [-0.2, -0.15) is 0 Å². The summed E-state index contributed by atoms with van der Waals surface area (Å²) in [6.45, 7) is 16.2. The summed E-state index contributed by atoms with van der Waals surface area (Å²) in [5, 5.41) is 0. The maximum Gasteiger partial charge on any atom is 0.168 e. The van der Waals surface area contributed by atoms with Crippen LogP contribution in [0.4, 0.5) is 0 Å². The Kier molecular flexibility index (Phi) is 8.23. The van der Waals surface area contributed by atoms with E-state index < -0.39 is 0 Å². The molecule has 0 bridgehead atoms. The Labute approximate surface area is 156 Å². The lowest BCUT2D eigenvalue weighted by Gasteiger charge is -2.42. The summed E-state index contributed by atoms with van der Waals surface area (Å²) in [6.07, 6.45) is 11.2. The first-order valence-electron chi connectivity index (χ1n) is 11.0. The van der Waals surface area contributed by atoms with Crippen LogP contribution in [0.15, 0.2) is 0 Å². The van der Waals surface area contributed by atoms with E-state index in [0.717, 1.165) is 31.8 Å². The van der Waals surface area contributed by atoms with Crippen molar-refractivity contribution in [3.05, 3.63) is 0 Å². The summed E-state index contributed by atoms with van der Waals surface area (Å²) in [5.74, 6) is 0.586. The van der Waals surface area contributed by atoms with E-state index in [4.69, 9.17) is 9.47 Å². The second-order valence-corrected chi connectivity index (χ2v) is 9.06. The van der Waals surface area contributed by atoms with Crippen LogP contribution in [0.25, 0.3) is 0 Å². The van der Waals surface area contributed by atoms with E-state index in [1.807, 2.05) is 0 Å². The highest BCUT2D eigenvalue weighted by molar-refractivity contribution is 4.89. The molecule has 0 aromatic heterocycles. The van der Waals surface area contributed by atoms with Gasteiger partial charge in [0.05, 0.1) is 12.7 Å². The largest absolute Gasteiger partial charge is 0.347 e. The quantitative estimate of drug-likeness (QED) is 0.508. The Bertz CT molecular complexity index is 368. The first-order chi connectivity index (χ1) is 11.9. The topological polar surface area (TPSA) is 21.7 Å². The molecule has 0 radical (unpaired) electrons. The van der Waals surface area contributed by atoms with Crippen molar-refractivity contribution in [1.29, 1.82) is 0 Å². The highest BCUT2D eigenvalue weighted by Crippen LogP contribution is 2.47. The van der Waals surface area contributed by atoms with Crippen LogP contribution >= 0.6 is 0 Å². The zero-order valence-corrected chi connectivity index (χ0v) is 17.6. The molecule has 1 aliphatic carbocycles. The van der Waals surface area contributed by atoms with Crippen molar-refractivity contribution in [2.75, 3.05) is 26.2 Å². The molecule has 1 aliphatic heterocycles. The number of nitrogens with zero attached hydrogens (tertiary/aromatic N) is 1. The molecule has 0 N–H and O–H groups in total. The van der Waals surface area contributed by atoms with Gasteiger partial charge in [0.1, 0.15) is 0 Å². The van der Waals surface area contributed by atoms with Crippen molar-refractivity contribution < 1.29 is 9.47 Å². The van der Waals surface area contributed by atoms with Crippen molar-refractivity contribution in [3.63, 3.8) is 0 Å². The van der Waals surface area contributed by atoms with Gasteiger partial charge in [-0.1, -0.05) is 41.0 Å². The third-order valence-corrected chi connectivity index (χ3v) is 6.76. The van der Waals surface area contributed by atoms with Gasteiger partial charge in [0.25, 0.3) is 0 Å². The molecule has 1 spiro atoms. The molecule has 3 nitrogen and oxygen atoms in total. The second kappa shape index (κ2) is 9.71. The van der Waals surface area contributed by atoms with Crippen molar-refractivity contribution in [1.82, 2.24) is 4.90 Å². The third kappa shape index (κ3) is 5.94. The van der Waals surface area contributed by atoms with Gasteiger partial charge in [0.2, 0.25) is 0 Å². The lowest BCUT2D eigenvalue weighted by Crippen LogP contribution is -2.39. The molecular weight excluding hydrogens is 310 g/mol.